The number of thiazole rings is 1. The zero-order chi connectivity index (χ0) is 22.8. The number of benzene rings is 2. The smallest absolute Gasteiger partial charge is 0.256 e. The van der Waals surface area contributed by atoms with Crippen LogP contribution in [0.4, 0.5) is 17.5 Å². The van der Waals surface area contributed by atoms with Gasteiger partial charge in [-0.3, -0.25) is 4.79 Å². The lowest BCUT2D eigenvalue weighted by Gasteiger charge is -2.13. The molecule has 0 fully saturated rings. The second-order valence-corrected chi connectivity index (χ2v) is 8.01. The Hall–Kier alpha value is -4.31. The number of nitrogens with zero attached hydrogens (tertiary/aromatic N) is 5. The highest BCUT2D eigenvalue weighted by molar-refractivity contribution is 7.17. The predicted octanol–water partition coefficient (Wildman–Crippen LogP) is 4.58. The fourth-order valence-corrected chi connectivity index (χ4v) is 3.99. The van der Waals surface area contributed by atoms with Crippen molar-refractivity contribution >= 4 is 45.0 Å². The summed E-state index contributed by atoms with van der Waals surface area (Å²) in [5.74, 6) is 1.11. The van der Waals surface area contributed by atoms with Gasteiger partial charge < -0.3 is 19.9 Å². The second-order valence-electron chi connectivity index (χ2n) is 7.16. The molecule has 3 heterocycles. The molecule has 0 aliphatic heterocycles. The van der Waals surface area contributed by atoms with Crippen molar-refractivity contribution in [3.05, 3.63) is 77.8 Å². The average molecular weight is 458 g/mol. The van der Waals surface area contributed by atoms with Crippen molar-refractivity contribution in [2.45, 2.75) is 6.92 Å². The van der Waals surface area contributed by atoms with Gasteiger partial charge in [0, 0.05) is 23.5 Å². The van der Waals surface area contributed by atoms with Crippen LogP contribution in [0.25, 0.3) is 16.0 Å². The summed E-state index contributed by atoms with van der Waals surface area (Å²) in [5, 5.41) is 6.06. The van der Waals surface area contributed by atoms with Crippen LogP contribution < -0.4 is 15.4 Å². The Labute approximate surface area is 193 Å². The molecule has 0 atom stereocenters. The molecule has 0 saturated carbocycles. The average Bonchev–Trinajstić information content (AvgIpc) is 3.48. The number of methoxy groups -OCH3 is 1. The van der Waals surface area contributed by atoms with E-state index in [-0.39, 0.29) is 5.91 Å². The quantitative estimate of drug-likeness (QED) is 0.384. The minimum Gasteiger partial charge on any atom is -0.494 e. The number of hydrogen-bond acceptors (Lipinski definition) is 8. The van der Waals surface area contributed by atoms with Crippen LogP contribution in [-0.2, 0) is 0 Å². The molecule has 0 aliphatic carbocycles. The van der Waals surface area contributed by atoms with Crippen LogP contribution in [0.3, 0.4) is 0 Å². The van der Waals surface area contributed by atoms with E-state index in [9.17, 15) is 4.79 Å². The number of aryl methyl sites for hydroxylation is 1. The largest absolute Gasteiger partial charge is 0.494 e. The molecule has 9 nitrogen and oxygen atoms in total. The third-order valence-corrected chi connectivity index (χ3v) is 5.71. The number of anilines is 3. The fraction of sp³-hybridized carbons (Fsp3) is 0.0870. The van der Waals surface area contributed by atoms with Gasteiger partial charge in [0.1, 0.15) is 10.4 Å². The highest BCUT2D eigenvalue weighted by Crippen LogP contribution is 2.30. The zero-order valence-electron chi connectivity index (χ0n) is 17.8. The van der Waals surface area contributed by atoms with Gasteiger partial charge in [0.15, 0.2) is 11.5 Å². The maximum Gasteiger partial charge on any atom is 0.256 e. The van der Waals surface area contributed by atoms with Crippen LogP contribution in [0.1, 0.15) is 16.1 Å². The number of hydrogen-bond donors (Lipinski definition) is 2. The first-order valence-corrected chi connectivity index (χ1v) is 10.9. The van der Waals surface area contributed by atoms with E-state index in [1.54, 1.807) is 31.1 Å². The maximum absolute atomic E-state index is 12.7. The maximum atomic E-state index is 12.7. The van der Waals surface area contributed by atoms with Crippen LogP contribution in [0.2, 0.25) is 0 Å². The summed E-state index contributed by atoms with van der Waals surface area (Å²) in [7, 11) is 1.61. The van der Waals surface area contributed by atoms with Crippen molar-refractivity contribution in [1.29, 1.82) is 0 Å². The molecule has 0 bridgehead atoms. The summed E-state index contributed by atoms with van der Waals surface area (Å²) < 4.78 is 8.17. The molecular weight excluding hydrogens is 438 g/mol. The number of fused-ring (bicyclic) bond motifs is 1. The summed E-state index contributed by atoms with van der Waals surface area (Å²) in [6.45, 7) is 1.93. The van der Waals surface area contributed by atoms with E-state index in [1.165, 1.54) is 11.3 Å². The molecule has 5 rings (SSSR count). The molecule has 2 N–H and O–H groups in total. The molecule has 0 saturated heterocycles. The first kappa shape index (κ1) is 20.6. The molecule has 0 unspecified atom stereocenters. The zero-order valence-corrected chi connectivity index (χ0v) is 18.6. The van der Waals surface area contributed by atoms with Crippen LogP contribution in [0.15, 0.2) is 66.6 Å². The van der Waals surface area contributed by atoms with E-state index in [1.807, 2.05) is 54.1 Å². The standard InChI is InChI=1S/C23H19N7O2S/c1-14-11-30(12-24-14)17-9-8-16(10-18(17)32-2)26-23-28-20-19(33-13-25-20)21(29-23)27-22(31)15-6-4-3-5-7-15/h3-13H,1-2H3,(H2,26,27,28,29,31). The number of carbonyl (C=O) groups excluding carboxylic acids is 1. The lowest BCUT2D eigenvalue weighted by molar-refractivity contribution is 0.102. The van der Waals surface area contributed by atoms with E-state index in [0.717, 1.165) is 17.1 Å². The molecule has 3 aromatic heterocycles. The number of aromatic nitrogens is 5. The molecule has 10 heteroatoms. The van der Waals surface area contributed by atoms with Gasteiger partial charge in [-0.25, -0.2) is 9.97 Å². The van der Waals surface area contributed by atoms with Gasteiger partial charge in [0.25, 0.3) is 5.91 Å². The minimum atomic E-state index is -0.253. The van der Waals surface area contributed by atoms with Gasteiger partial charge in [0.05, 0.1) is 30.3 Å². The van der Waals surface area contributed by atoms with Gasteiger partial charge in [-0.15, -0.1) is 11.3 Å². The van der Waals surface area contributed by atoms with Crippen molar-refractivity contribution in [3.63, 3.8) is 0 Å². The van der Waals surface area contributed by atoms with E-state index < -0.39 is 0 Å². The van der Waals surface area contributed by atoms with Crippen molar-refractivity contribution in [2.75, 3.05) is 17.7 Å². The summed E-state index contributed by atoms with van der Waals surface area (Å²) in [5.41, 5.74) is 5.20. The second kappa shape index (κ2) is 8.67. The highest BCUT2D eigenvalue weighted by Gasteiger charge is 2.15. The number of carbonyl (C=O) groups is 1. The molecule has 33 heavy (non-hydrogen) atoms. The predicted molar refractivity (Wildman–Crippen MR) is 128 cm³/mol. The Morgan fingerprint density at radius 3 is 2.70 bits per heavy atom. The van der Waals surface area contributed by atoms with Gasteiger partial charge in [-0.1, -0.05) is 18.2 Å². The van der Waals surface area contributed by atoms with Gasteiger partial charge >= 0.3 is 0 Å². The van der Waals surface area contributed by atoms with Crippen LogP contribution >= 0.6 is 11.3 Å². The van der Waals surface area contributed by atoms with Gasteiger partial charge in [-0.2, -0.15) is 9.97 Å². The molecule has 1 amide bonds. The van der Waals surface area contributed by atoms with E-state index >= 15 is 0 Å². The molecule has 164 valence electrons. The number of amides is 1. The summed E-state index contributed by atoms with van der Waals surface area (Å²) in [6.07, 6.45) is 3.66. The molecule has 2 aromatic carbocycles. The first-order valence-electron chi connectivity index (χ1n) is 10.0. The number of imidazole rings is 1. The van der Waals surface area contributed by atoms with Crippen LogP contribution in [-0.4, -0.2) is 37.5 Å². The van der Waals surface area contributed by atoms with E-state index in [0.29, 0.717) is 33.4 Å². The van der Waals surface area contributed by atoms with Gasteiger partial charge in [-0.05, 0) is 31.2 Å². The first-order chi connectivity index (χ1) is 16.1. The summed E-state index contributed by atoms with van der Waals surface area (Å²) >= 11 is 1.37. The molecular formula is C23H19N7O2S. The van der Waals surface area contributed by atoms with Gasteiger partial charge in [0.2, 0.25) is 5.95 Å². The molecule has 0 radical (unpaired) electrons. The lowest BCUT2D eigenvalue weighted by atomic mass is 10.2. The monoisotopic (exact) mass is 457 g/mol. The van der Waals surface area contributed by atoms with Crippen molar-refractivity contribution in [2.24, 2.45) is 0 Å². The summed E-state index contributed by atoms with van der Waals surface area (Å²) in [4.78, 5) is 30.3. The highest BCUT2D eigenvalue weighted by atomic mass is 32.1. The Morgan fingerprint density at radius 1 is 1.09 bits per heavy atom. The minimum absolute atomic E-state index is 0.253. The Morgan fingerprint density at radius 2 is 1.94 bits per heavy atom. The SMILES string of the molecule is COc1cc(Nc2nc(NC(=O)c3ccccc3)c3scnc3n2)ccc1-n1cnc(C)c1. The topological polar surface area (TPSA) is 107 Å². The van der Waals surface area contributed by atoms with Crippen LogP contribution in [0.5, 0.6) is 5.75 Å². The lowest BCUT2D eigenvalue weighted by Crippen LogP contribution is -2.14. The normalized spacial score (nSPS) is 10.8. The Balaban J connectivity index is 1.45. The van der Waals surface area contributed by atoms with E-state index in [4.69, 9.17) is 4.74 Å². The Bertz CT molecular complexity index is 1450. The molecule has 0 aliphatic rings. The van der Waals surface area contributed by atoms with Crippen molar-refractivity contribution in [1.82, 2.24) is 24.5 Å². The fourth-order valence-electron chi connectivity index (χ4n) is 3.32. The van der Waals surface area contributed by atoms with Crippen molar-refractivity contribution in [3.8, 4) is 11.4 Å². The number of rotatable bonds is 6. The number of ether oxygens (including phenoxy) is 1. The van der Waals surface area contributed by atoms with Crippen LogP contribution in [0, 0.1) is 6.92 Å². The third-order valence-electron chi connectivity index (χ3n) is 4.89. The Kier molecular flexibility index (Phi) is 5.41. The van der Waals surface area contributed by atoms with Crippen molar-refractivity contribution < 1.29 is 9.53 Å². The number of nitrogens with one attached hydrogen (secondary N) is 2. The van der Waals surface area contributed by atoms with E-state index in [2.05, 4.69) is 30.6 Å². The third kappa shape index (κ3) is 4.23. The summed E-state index contributed by atoms with van der Waals surface area (Å²) in [6, 6.07) is 14.6. The molecule has 5 aromatic rings. The molecule has 0 spiro atoms.